The first kappa shape index (κ1) is 13.8. The van der Waals surface area contributed by atoms with Crippen LogP contribution in [0, 0.1) is 6.92 Å². The molecule has 0 radical (unpaired) electrons. The highest BCUT2D eigenvalue weighted by molar-refractivity contribution is 9.10. The summed E-state index contributed by atoms with van der Waals surface area (Å²) in [5.41, 5.74) is 1.24. The molecule has 0 atom stereocenters. The largest absolute Gasteiger partial charge is 0.492 e. The van der Waals surface area contributed by atoms with Crippen molar-refractivity contribution >= 4 is 15.9 Å². The molecule has 18 heavy (non-hydrogen) atoms. The number of likely N-dealkylation sites (N-methyl/N-ethyl adjacent to an activating group) is 1. The van der Waals surface area contributed by atoms with Crippen molar-refractivity contribution in [2.75, 3.05) is 46.4 Å². The predicted octanol–water partition coefficient (Wildman–Crippen LogP) is 2.38. The van der Waals surface area contributed by atoms with E-state index < -0.39 is 0 Å². The molecule has 1 aliphatic rings. The lowest BCUT2D eigenvalue weighted by Crippen LogP contribution is -2.45. The molecule has 1 saturated heterocycles. The molecule has 0 bridgehead atoms. The van der Waals surface area contributed by atoms with Gasteiger partial charge in [0.2, 0.25) is 0 Å². The van der Waals surface area contributed by atoms with Crippen LogP contribution in [-0.4, -0.2) is 56.2 Å². The van der Waals surface area contributed by atoms with Crippen LogP contribution in [0.15, 0.2) is 22.7 Å². The van der Waals surface area contributed by atoms with Gasteiger partial charge in [0.25, 0.3) is 0 Å². The van der Waals surface area contributed by atoms with Crippen molar-refractivity contribution in [1.82, 2.24) is 9.80 Å². The number of hydrogen-bond donors (Lipinski definition) is 0. The maximum absolute atomic E-state index is 5.79. The summed E-state index contributed by atoms with van der Waals surface area (Å²) in [6.07, 6.45) is 0. The molecule has 1 aromatic carbocycles. The summed E-state index contributed by atoms with van der Waals surface area (Å²) >= 11 is 3.53. The Morgan fingerprint density at radius 2 is 1.94 bits per heavy atom. The third kappa shape index (κ3) is 3.97. The van der Waals surface area contributed by atoms with Crippen LogP contribution in [-0.2, 0) is 0 Å². The van der Waals surface area contributed by atoms with Crippen molar-refractivity contribution in [2.45, 2.75) is 6.92 Å². The lowest BCUT2D eigenvalue weighted by molar-refractivity contribution is 0.133. The molecule has 100 valence electrons. The Morgan fingerprint density at radius 3 is 2.61 bits per heavy atom. The van der Waals surface area contributed by atoms with E-state index in [-0.39, 0.29) is 0 Å². The third-order valence-corrected chi connectivity index (χ3v) is 4.27. The smallest absolute Gasteiger partial charge is 0.120 e. The first-order valence-electron chi connectivity index (χ1n) is 6.45. The van der Waals surface area contributed by atoms with Crippen LogP contribution in [0.4, 0.5) is 0 Å². The van der Waals surface area contributed by atoms with Gasteiger partial charge >= 0.3 is 0 Å². The van der Waals surface area contributed by atoms with E-state index in [0.29, 0.717) is 0 Å². The summed E-state index contributed by atoms with van der Waals surface area (Å²) < 4.78 is 6.90. The van der Waals surface area contributed by atoms with E-state index in [0.717, 1.165) is 49.6 Å². The molecule has 0 unspecified atom stereocenters. The highest BCUT2D eigenvalue weighted by Crippen LogP contribution is 2.22. The maximum atomic E-state index is 5.79. The van der Waals surface area contributed by atoms with E-state index in [1.807, 2.05) is 12.1 Å². The van der Waals surface area contributed by atoms with Crippen LogP contribution < -0.4 is 4.74 Å². The topological polar surface area (TPSA) is 15.7 Å². The number of halogens is 1. The van der Waals surface area contributed by atoms with Gasteiger partial charge in [0.15, 0.2) is 0 Å². The minimum absolute atomic E-state index is 0.763. The number of piperazine rings is 1. The third-order valence-electron chi connectivity index (χ3n) is 3.42. The summed E-state index contributed by atoms with van der Waals surface area (Å²) in [7, 11) is 2.18. The van der Waals surface area contributed by atoms with Crippen LogP contribution in [0.2, 0.25) is 0 Å². The molecule has 0 aliphatic carbocycles. The number of rotatable bonds is 4. The molecule has 2 rings (SSSR count). The summed E-state index contributed by atoms with van der Waals surface area (Å²) in [6.45, 7) is 8.48. The zero-order valence-corrected chi connectivity index (χ0v) is 12.7. The molecule has 3 nitrogen and oxygen atoms in total. The summed E-state index contributed by atoms with van der Waals surface area (Å²) in [4.78, 5) is 4.83. The zero-order valence-electron chi connectivity index (χ0n) is 11.2. The second-order valence-electron chi connectivity index (χ2n) is 4.90. The molecule has 0 spiro atoms. The highest BCUT2D eigenvalue weighted by atomic mass is 79.9. The van der Waals surface area contributed by atoms with E-state index in [4.69, 9.17) is 4.74 Å². The second kappa shape index (κ2) is 6.55. The van der Waals surface area contributed by atoms with Gasteiger partial charge in [-0.3, -0.25) is 4.90 Å². The number of hydrogen-bond acceptors (Lipinski definition) is 3. The van der Waals surface area contributed by atoms with Crippen LogP contribution in [0.1, 0.15) is 5.56 Å². The summed E-state index contributed by atoms with van der Waals surface area (Å²) in [6, 6.07) is 6.15. The fourth-order valence-corrected chi connectivity index (χ4v) is 2.39. The number of benzene rings is 1. The van der Waals surface area contributed by atoms with Gasteiger partial charge in [-0.1, -0.05) is 22.0 Å². The van der Waals surface area contributed by atoms with Crippen molar-refractivity contribution < 1.29 is 4.74 Å². The molecule has 1 fully saturated rings. The normalized spacial score (nSPS) is 17.9. The number of nitrogens with zero attached hydrogens (tertiary/aromatic N) is 2. The van der Waals surface area contributed by atoms with Gasteiger partial charge in [0.05, 0.1) is 0 Å². The minimum Gasteiger partial charge on any atom is -0.492 e. The van der Waals surface area contributed by atoms with Gasteiger partial charge in [0, 0.05) is 37.2 Å². The molecule has 0 saturated carbocycles. The molecule has 0 aromatic heterocycles. The number of aryl methyl sites for hydroxylation is 1. The fraction of sp³-hybridized carbons (Fsp3) is 0.571. The lowest BCUT2D eigenvalue weighted by atomic mass is 10.2. The molecule has 0 amide bonds. The van der Waals surface area contributed by atoms with Crippen molar-refractivity contribution in [3.05, 3.63) is 28.2 Å². The van der Waals surface area contributed by atoms with Gasteiger partial charge in [-0.25, -0.2) is 0 Å². The van der Waals surface area contributed by atoms with E-state index in [2.05, 4.69) is 45.8 Å². The SMILES string of the molecule is Cc1ccc(OCCN2CCN(C)CC2)cc1Br. The Kier molecular flexibility index (Phi) is 5.03. The van der Waals surface area contributed by atoms with Crippen LogP contribution in [0.25, 0.3) is 0 Å². The standard InChI is InChI=1S/C14H21BrN2O/c1-12-3-4-13(11-14(12)15)18-10-9-17-7-5-16(2)6-8-17/h3-4,11H,5-10H2,1-2H3. The summed E-state index contributed by atoms with van der Waals surface area (Å²) in [5.74, 6) is 0.946. The van der Waals surface area contributed by atoms with Crippen molar-refractivity contribution in [2.24, 2.45) is 0 Å². The van der Waals surface area contributed by atoms with Crippen molar-refractivity contribution in [1.29, 1.82) is 0 Å². The van der Waals surface area contributed by atoms with Crippen LogP contribution in [0.5, 0.6) is 5.75 Å². The van der Waals surface area contributed by atoms with Crippen molar-refractivity contribution in [3.8, 4) is 5.75 Å². The van der Waals surface area contributed by atoms with E-state index in [1.54, 1.807) is 0 Å². The van der Waals surface area contributed by atoms with Gasteiger partial charge in [0.1, 0.15) is 12.4 Å². The molecule has 1 aromatic rings. The van der Waals surface area contributed by atoms with E-state index in [9.17, 15) is 0 Å². The van der Waals surface area contributed by atoms with Gasteiger partial charge < -0.3 is 9.64 Å². The van der Waals surface area contributed by atoms with E-state index in [1.165, 1.54) is 5.56 Å². The Hall–Kier alpha value is -0.580. The Morgan fingerprint density at radius 1 is 1.22 bits per heavy atom. The Labute approximate surface area is 118 Å². The minimum atomic E-state index is 0.763. The first-order chi connectivity index (χ1) is 8.65. The van der Waals surface area contributed by atoms with Gasteiger partial charge in [-0.2, -0.15) is 0 Å². The zero-order chi connectivity index (χ0) is 13.0. The van der Waals surface area contributed by atoms with Crippen molar-refractivity contribution in [3.63, 3.8) is 0 Å². The molecular weight excluding hydrogens is 292 g/mol. The van der Waals surface area contributed by atoms with Crippen LogP contribution in [0.3, 0.4) is 0 Å². The number of ether oxygens (including phenoxy) is 1. The quantitative estimate of drug-likeness (QED) is 0.849. The monoisotopic (exact) mass is 312 g/mol. The fourth-order valence-electron chi connectivity index (χ4n) is 2.03. The average Bonchev–Trinajstić information content (AvgIpc) is 2.36. The summed E-state index contributed by atoms with van der Waals surface area (Å²) in [5, 5.41) is 0. The first-order valence-corrected chi connectivity index (χ1v) is 7.24. The molecule has 4 heteroatoms. The molecule has 1 aliphatic heterocycles. The molecular formula is C14H21BrN2O. The second-order valence-corrected chi connectivity index (χ2v) is 5.76. The molecule has 0 N–H and O–H groups in total. The maximum Gasteiger partial charge on any atom is 0.120 e. The lowest BCUT2D eigenvalue weighted by Gasteiger charge is -2.32. The average molecular weight is 313 g/mol. The Balaban J connectivity index is 1.73. The highest BCUT2D eigenvalue weighted by Gasteiger charge is 2.13. The van der Waals surface area contributed by atoms with Gasteiger partial charge in [-0.05, 0) is 31.7 Å². The van der Waals surface area contributed by atoms with E-state index >= 15 is 0 Å². The van der Waals surface area contributed by atoms with Gasteiger partial charge in [-0.15, -0.1) is 0 Å². The van der Waals surface area contributed by atoms with Crippen LogP contribution >= 0.6 is 15.9 Å². The Bertz CT molecular complexity index is 389. The predicted molar refractivity (Wildman–Crippen MR) is 78.3 cm³/mol. The molecule has 1 heterocycles.